The second-order valence-corrected chi connectivity index (χ2v) is 8.65. The lowest BCUT2D eigenvalue weighted by atomic mass is 9.86. The molecule has 1 heterocycles. The molecule has 0 aromatic carbocycles. The smallest absolute Gasteiger partial charge is 0.373 e. The van der Waals surface area contributed by atoms with E-state index in [1.54, 1.807) is 0 Å². The summed E-state index contributed by atoms with van der Waals surface area (Å²) in [4.78, 5) is 84.0. The van der Waals surface area contributed by atoms with Gasteiger partial charge in [-0.3, -0.25) is 28.8 Å². The van der Waals surface area contributed by atoms with Crippen LogP contribution >= 0.6 is 0 Å². The predicted molar refractivity (Wildman–Crippen MR) is 131 cm³/mol. The Balaban J connectivity index is 3.80. The molecule has 0 aromatic heterocycles. The van der Waals surface area contributed by atoms with Crippen LogP contribution in [0.2, 0.25) is 0 Å². The van der Waals surface area contributed by atoms with Gasteiger partial charge >= 0.3 is 35.8 Å². The molecule has 1 rings (SSSR count). The molecule has 5 atom stereocenters. The van der Waals surface area contributed by atoms with Crippen LogP contribution in [0.3, 0.4) is 0 Å². The van der Waals surface area contributed by atoms with Crippen LogP contribution < -0.4 is 5.32 Å². The van der Waals surface area contributed by atoms with Gasteiger partial charge < -0.3 is 38.5 Å². The third kappa shape index (κ3) is 10.9. The van der Waals surface area contributed by atoms with Crippen molar-refractivity contribution in [3.63, 3.8) is 0 Å². The Hall–Kier alpha value is -4.17. The summed E-state index contributed by atoms with van der Waals surface area (Å²) in [5.41, 5.74) is 0.0785. The molecule has 1 aliphatic heterocycles. The van der Waals surface area contributed by atoms with Crippen molar-refractivity contribution in [1.82, 2.24) is 5.32 Å². The second kappa shape index (κ2) is 16.1. The number of hydrogen-bond donors (Lipinski definition) is 1. The van der Waals surface area contributed by atoms with Gasteiger partial charge in [0.1, 0.15) is 12.6 Å². The number of hydrogen-bond acceptors (Lipinski definition) is 14. The van der Waals surface area contributed by atoms with E-state index in [9.17, 15) is 33.6 Å². The van der Waals surface area contributed by atoms with Crippen molar-refractivity contribution < 1.29 is 66.7 Å². The van der Waals surface area contributed by atoms with Crippen LogP contribution in [0.5, 0.6) is 0 Å². The largest absolute Gasteiger partial charge is 0.477 e. The molecule has 0 fully saturated rings. The molecular formula is C25H35NO14. The molecule has 0 unspecified atom stereocenters. The molecule has 0 radical (unpaired) electrons. The normalized spacial score (nSPS) is 19.6. The van der Waals surface area contributed by atoms with Gasteiger partial charge in [0.25, 0.3) is 0 Å². The zero-order chi connectivity index (χ0) is 30.6. The molecule has 1 amide bonds. The third-order valence-corrected chi connectivity index (χ3v) is 5.26. The molecule has 40 heavy (non-hydrogen) atoms. The Morgan fingerprint density at radius 2 is 1.43 bits per heavy atom. The van der Waals surface area contributed by atoms with Crippen LogP contribution in [0.1, 0.15) is 54.4 Å². The molecule has 15 heteroatoms. The highest BCUT2D eigenvalue weighted by molar-refractivity contribution is 5.88. The van der Waals surface area contributed by atoms with Crippen molar-refractivity contribution in [3.8, 4) is 0 Å². The van der Waals surface area contributed by atoms with Crippen molar-refractivity contribution in [2.45, 2.75) is 84.8 Å². The van der Waals surface area contributed by atoms with Crippen LogP contribution in [-0.4, -0.2) is 92.5 Å². The summed E-state index contributed by atoms with van der Waals surface area (Å²) in [5, 5.41) is 2.58. The second-order valence-electron chi connectivity index (χ2n) is 8.65. The first-order chi connectivity index (χ1) is 18.7. The summed E-state index contributed by atoms with van der Waals surface area (Å²) >= 11 is 0. The molecule has 1 N–H and O–H groups in total. The first-order valence-electron chi connectivity index (χ1n) is 12.2. The minimum atomic E-state index is -1.60. The Labute approximate surface area is 230 Å². The highest BCUT2D eigenvalue weighted by atomic mass is 16.6. The molecule has 0 saturated carbocycles. The summed E-state index contributed by atoms with van der Waals surface area (Å²) in [6.07, 6.45) is -5.85. The topological polar surface area (TPSA) is 196 Å². The van der Waals surface area contributed by atoms with E-state index in [0.717, 1.165) is 41.7 Å². The zero-order valence-electron chi connectivity index (χ0n) is 23.4. The molecule has 0 aromatic rings. The molecule has 0 aliphatic carbocycles. The van der Waals surface area contributed by atoms with Gasteiger partial charge in [-0.15, -0.1) is 0 Å². The quantitative estimate of drug-likeness (QED) is 0.176. The van der Waals surface area contributed by atoms with Gasteiger partial charge in [-0.1, -0.05) is 0 Å². The lowest BCUT2D eigenvalue weighted by molar-refractivity contribution is -0.192. The standard InChI is InChI=1S/C25H35NO14/c1-12(27)26-20-21(38-16(5)31)18(9-8-10-35-13(2)28)22(25(33)34-7)40-24(20)23(39-17(6)32)19(37-15(4)30)11-36-14(3)29/h19-21,23-24H,8-11H2,1-7H3,(H,26,27)/t19-,20-,21+,23-,24-/m1/s1. The Morgan fingerprint density at radius 3 is 1.90 bits per heavy atom. The van der Waals surface area contributed by atoms with Crippen molar-refractivity contribution in [3.05, 3.63) is 11.3 Å². The highest BCUT2D eigenvalue weighted by Gasteiger charge is 2.51. The lowest BCUT2D eigenvalue weighted by Gasteiger charge is -2.43. The fraction of sp³-hybridized carbons (Fsp3) is 0.640. The van der Waals surface area contributed by atoms with Gasteiger partial charge in [0, 0.05) is 47.1 Å². The summed E-state index contributed by atoms with van der Waals surface area (Å²) in [5.74, 6) is -5.87. The maximum atomic E-state index is 12.9. The monoisotopic (exact) mass is 573 g/mol. The summed E-state index contributed by atoms with van der Waals surface area (Å²) in [7, 11) is 1.07. The minimum absolute atomic E-state index is 0.0164. The van der Waals surface area contributed by atoms with Crippen LogP contribution in [0.25, 0.3) is 0 Å². The molecule has 0 bridgehead atoms. The molecule has 0 spiro atoms. The highest BCUT2D eigenvalue weighted by Crippen LogP contribution is 2.34. The van der Waals surface area contributed by atoms with Crippen molar-refractivity contribution in [2.24, 2.45) is 0 Å². The number of carbonyl (C=O) groups is 7. The van der Waals surface area contributed by atoms with E-state index in [-0.39, 0.29) is 25.0 Å². The summed E-state index contributed by atoms with van der Waals surface area (Å²) < 4.78 is 36.9. The van der Waals surface area contributed by atoms with Gasteiger partial charge in [0.15, 0.2) is 24.4 Å². The van der Waals surface area contributed by atoms with E-state index in [0.29, 0.717) is 0 Å². The van der Waals surface area contributed by atoms with Gasteiger partial charge in [0.2, 0.25) is 11.7 Å². The molecule has 1 aliphatic rings. The average Bonchev–Trinajstić information content (AvgIpc) is 2.83. The number of ether oxygens (including phenoxy) is 7. The van der Waals surface area contributed by atoms with E-state index < -0.39 is 84.5 Å². The lowest BCUT2D eigenvalue weighted by Crippen LogP contribution is -2.63. The fourth-order valence-corrected chi connectivity index (χ4v) is 3.95. The Morgan fingerprint density at radius 1 is 0.825 bits per heavy atom. The van der Waals surface area contributed by atoms with E-state index in [4.69, 9.17) is 33.2 Å². The van der Waals surface area contributed by atoms with Gasteiger partial charge in [-0.25, -0.2) is 4.79 Å². The average molecular weight is 574 g/mol. The maximum absolute atomic E-state index is 12.9. The van der Waals surface area contributed by atoms with E-state index in [1.807, 2.05) is 0 Å². The number of carbonyl (C=O) groups excluding carboxylic acids is 7. The number of methoxy groups -OCH3 is 1. The van der Waals surface area contributed by atoms with Crippen molar-refractivity contribution in [1.29, 1.82) is 0 Å². The first kappa shape index (κ1) is 33.9. The predicted octanol–water partition coefficient (Wildman–Crippen LogP) is 0.0185. The maximum Gasteiger partial charge on any atom is 0.373 e. The Kier molecular flexibility index (Phi) is 13.6. The molecule has 15 nitrogen and oxygen atoms in total. The summed E-state index contributed by atoms with van der Waals surface area (Å²) in [6, 6.07) is -1.32. The molecule has 0 saturated heterocycles. The SMILES string of the molecule is COC(=O)C1=C(CCCOC(C)=O)[C@H](OC(C)=O)[C@@H](NC(C)=O)[C@H]([C@H](OC(C)=O)[C@@H](COC(C)=O)OC(C)=O)O1. The number of nitrogens with one attached hydrogen (secondary N) is 1. The number of esters is 6. The van der Waals surface area contributed by atoms with E-state index >= 15 is 0 Å². The van der Waals surface area contributed by atoms with Crippen LogP contribution in [0, 0.1) is 0 Å². The van der Waals surface area contributed by atoms with Crippen LogP contribution in [0.4, 0.5) is 0 Å². The zero-order valence-corrected chi connectivity index (χ0v) is 23.4. The Bertz CT molecular complexity index is 1020. The van der Waals surface area contributed by atoms with Crippen molar-refractivity contribution >= 4 is 41.7 Å². The number of rotatable bonds is 13. The van der Waals surface area contributed by atoms with Crippen LogP contribution in [0.15, 0.2) is 11.3 Å². The first-order valence-corrected chi connectivity index (χ1v) is 12.2. The minimum Gasteiger partial charge on any atom is -0.477 e. The summed E-state index contributed by atoms with van der Waals surface area (Å²) in [6.45, 7) is 6.01. The van der Waals surface area contributed by atoms with E-state index in [2.05, 4.69) is 5.32 Å². The van der Waals surface area contributed by atoms with Crippen LogP contribution in [-0.2, 0) is 66.7 Å². The van der Waals surface area contributed by atoms with Gasteiger partial charge in [-0.05, 0) is 12.8 Å². The van der Waals surface area contributed by atoms with E-state index in [1.165, 1.54) is 6.92 Å². The fourth-order valence-electron chi connectivity index (χ4n) is 3.95. The number of amides is 1. The van der Waals surface area contributed by atoms with Gasteiger partial charge in [0.05, 0.1) is 13.7 Å². The molecular weight excluding hydrogens is 538 g/mol. The third-order valence-electron chi connectivity index (χ3n) is 5.26. The van der Waals surface area contributed by atoms with Crippen molar-refractivity contribution in [2.75, 3.05) is 20.3 Å². The molecule has 224 valence electrons. The van der Waals surface area contributed by atoms with Gasteiger partial charge in [-0.2, -0.15) is 0 Å².